The van der Waals surface area contributed by atoms with Crippen molar-refractivity contribution in [1.82, 2.24) is 0 Å². The quantitative estimate of drug-likeness (QED) is 0.324. The van der Waals surface area contributed by atoms with E-state index in [0.717, 1.165) is 19.2 Å². The fraction of sp³-hybridized carbons (Fsp3) is 0.417. The van der Waals surface area contributed by atoms with Gasteiger partial charge in [0, 0.05) is 17.9 Å². The Labute approximate surface area is 120 Å². The number of rotatable bonds is 5. The topological polar surface area (TPSA) is 110 Å². The molecular formula is C12H15NO6S. The molecule has 0 spiro atoms. The second-order valence-electron chi connectivity index (χ2n) is 4.15. The molecule has 2 unspecified atom stereocenters. The standard InChI is InChI=1S/C12H15NO6S/c1-6-8(11(15)10(14)5-20)3-7(13(17)18)4-9(6)12(16)19-2/h3-4,10-11,14-15,20H,5H2,1-2H3. The molecular weight excluding hydrogens is 286 g/mol. The van der Waals surface area contributed by atoms with Crippen LogP contribution in [0.25, 0.3) is 0 Å². The van der Waals surface area contributed by atoms with Gasteiger partial charge in [-0.25, -0.2) is 4.79 Å². The first kappa shape index (κ1) is 16.4. The van der Waals surface area contributed by atoms with Gasteiger partial charge in [0.1, 0.15) is 6.10 Å². The molecule has 0 aliphatic rings. The van der Waals surface area contributed by atoms with Gasteiger partial charge in [0.15, 0.2) is 0 Å². The molecule has 0 aliphatic carbocycles. The summed E-state index contributed by atoms with van der Waals surface area (Å²) < 4.78 is 4.55. The lowest BCUT2D eigenvalue weighted by atomic mass is 9.95. The minimum absolute atomic E-state index is 0.0258. The molecule has 0 aromatic heterocycles. The number of esters is 1. The molecule has 2 N–H and O–H groups in total. The minimum atomic E-state index is -1.38. The van der Waals surface area contributed by atoms with Crippen LogP contribution < -0.4 is 0 Å². The number of aliphatic hydroxyl groups is 2. The van der Waals surface area contributed by atoms with E-state index in [2.05, 4.69) is 17.4 Å². The van der Waals surface area contributed by atoms with Crippen LogP contribution in [-0.2, 0) is 4.74 Å². The van der Waals surface area contributed by atoms with E-state index in [1.54, 1.807) is 0 Å². The number of methoxy groups -OCH3 is 1. The largest absolute Gasteiger partial charge is 0.465 e. The molecule has 0 saturated carbocycles. The van der Waals surface area contributed by atoms with Crippen LogP contribution in [0.15, 0.2) is 12.1 Å². The van der Waals surface area contributed by atoms with Gasteiger partial charge in [0.25, 0.3) is 5.69 Å². The number of hydrogen-bond acceptors (Lipinski definition) is 7. The molecule has 1 aromatic carbocycles. The monoisotopic (exact) mass is 301 g/mol. The van der Waals surface area contributed by atoms with E-state index in [1.165, 1.54) is 6.92 Å². The maximum absolute atomic E-state index is 11.6. The molecule has 20 heavy (non-hydrogen) atoms. The Morgan fingerprint density at radius 2 is 2.10 bits per heavy atom. The highest BCUT2D eigenvalue weighted by Crippen LogP contribution is 2.29. The third-order valence-corrected chi connectivity index (χ3v) is 3.29. The first-order chi connectivity index (χ1) is 9.33. The van der Waals surface area contributed by atoms with E-state index in [4.69, 9.17) is 0 Å². The number of nitro groups is 1. The number of benzene rings is 1. The van der Waals surface area contributed by atoms with Crippen LogP contribution >= 0.6 is 12.6 Å². The van der Waals surface area contributed by atoms with Crippen molar-refractivity contribution in [1.29, 1.82) is 0 Å². The molecule has 7 nitrogen and oxygen atoms in total. The third-order valence-electron chi connectivity index (χ3n) is 2.92. The predicted molar refractivity (Wildman–Crippen MR) is 74.0 cm³/mol. The van der Waals surface area contributed by atoms with Gasteiger partial charge in [-0.1, -0.05) is 0 Å². The lowest BCUT2D eigenvalue weighted by molar-refractivity contribution is -0.385. The molecule has 2 atom stereocenters. The van der Waals surface area contributed by atoms with Gasteiger partial charge >= 0.3 is 5.97 Å². The predicted octanol–water partition coefficient (Wildman–Crippen LogP) is 1.01. The summed E-state index contributed by atoms with van der Waals surface area (Å²) in [5.41, 5.74) is 0.0236. The number of carbonyl (C=O) groups is 1. The summed E-state index contributed by atoms with van der Waals surface area (Å²) in [7, 11) is 1.15. The lowest BCUT2D eigenvalue weighted by Gasteiger charge is -2.19. The summed E-state index contributed by atoms with van der Waals surface area (Å²) in [6.07, 6.45) is -2.58. The Morgan fingerprint density at radius 3 is 2.55 bits per heavy atom. The van der Waals surface area contributed by atoms with Crippen LogP contribution in [0.5, 0.6) is 0 Å². The molecule has 0 saturated heterocycles. The number of nitro benzene ring substituents is 1. The fourth-order valence-corrected chi connectivity index (χ4v) is 1.96. The van der Waals surface area contributed by atoms with E-state index < -0.39 is 23.1 Å². The van der Waals surface area contributed by atoms with Gasteiger partial charge in [-0.15, -0.1) is 0 Å². The molecule has 1 rings (SSSR count). The molecule has 0 radical (unpaired) electrons. The molecule has 8 heteroatoms. The van der Waals surface area contributed by atoms with Crippen molar-refractivity contribution in [2.24, 2.45) is 0 Å². The summed E-state index contributed by atoms with van der Waals surface area (Å²) >= 11 is 3.86. The summed E-state index contributed by atoms with van der Waals surface area (Å²) in [6.45, 7) is 1.51. The average molecular weight is 301 g/mol. The van der Waals surface area contributed by atoms with Gasteiger partial charge in [-0.05, 0) is 18.1 Å². The van der Waals surface area contributed by atoms with Gasteiger partial charge in [0.05, 0.1) is 23.7 Å². The summed E-state index contributed by atoms with van der Waals surface area (Å²) in [5, 5.41) is 30.5. The Bertz CT molecular complexity index is 533. The van der Waals surface area contributed by atoms with Gasteiger partial charge in [-0.2, -0.15) is 12.6 Å². The van der Waals surface area contributed by atoms with E-state index in [1.807, 2.05) is 0 Å². The summed E-state index contributed by atoms with van der Waals surface area (Å²) in [6, 6.07) is 2.20. The number of ether oxygens (including phenoxy) is 1. The van der Waals surface area contributed by atoms with E-state index in [9.17, 15) is 25.1 Å². The van der Waals surface area contributed by atoms with Crippen LogP contribution in [0, 0.1) is 17.0 Å². The maximum Gasteiger partial charge on any atom is 0.338 e. The van der Waals surface area contributed by atoms with Crippen LogP contribution in [0.1, 0.15) is 27.6 Å². The van der Waals surface area contributed by atoms with Crippen LogP contribution in [0.2, 0.25) is 0 Å². The van der Waals surface area contributed by atoms with Crippen molar-refractivity contribution in [3.05, 3.63) is 38.9 Å². The first-order valence-corrected chi connectivity index (χ1v) is 6.31. The normalized spacial score (nSPS) is 13.7. The average Bonchev–Trinajstić information content (AvgIpc) is 2.44. The van der Waals surface area contributed by atoms with Gasteiger partial charge in [-0.3, -0.25) is 10.1 Å². The summed E-state index contributed by atoms with van der Waals surface area (Å²) in [5.74, 6) is -0.781. The highest BCUT2D eigenvalue weighted by Gasteiger charge is 2.26. The second kappa shape index (κ2) is 6.69. The van der Waals surface area contributed by atoms with Crippen LogP contribution in [0.3, 0.4) is 0 Å². The number of aliphatic hydroxyl groups excluding tert-OH is 2. The molecule has 0 amide bonds. The Morgan fingerprint density at radius 1 is 1.50 bits per heavy atom. The molecule has 0 heterocycles. The number of hydrogen-bond donors (Lipinski definition) is 3. The fourth-order valence-electron chi connectivity index (χ4n) is 1.76. The summed E-state index contributed by atoms with van der Waals surface area (Å²) in [4.78, 5) is 21.8. The number of carbonyl (C=O) groups excluding carboxylic acids is 1. The third kappa shape index (κ3) is 3.27. The SMILES string of the molecule is COC(=O)c1cc([N+](=O)[O-])cc(C(O)C(O)CS)c1C. The van der Waals surface area contributed by atoms with Crippen molar-refractivity contribution in [2.45, 2.75) is 19.1 Å². The van der Waals surface area contributed by atoms with Crippen molar-refractivity contribution in [3.63, 3.8) is 0 Å². The van der Waals surface area contributed by atoms with Crippen LogP contribution in [0.4, 0.5) is 5.69 Å². The highest BCUT2D eigenvalue weighted by atomic mass is 32.1. The van der Waals surface area contributed by atoms with Crippen molar-refractivity contribution >= 4 is 24.3 Å². The number of non-ortho nitro benzene ring substituents is 1. The zero-order valence-corrected chi connectivity index (χ0v) is 11.8. The Hall–Kier alpha value is -1.64. The zero-order chi connectivity index (χ0) is 15.4. The Kier molecular flexibility index (Phi) is 5.49. The zero-order valence-electron chi connectivity index (χ0n) is 10.9. The molecule has 0 bridgehead atoms. The van der Waals surface area contributed by atoms with Gasteiger partial charge in [0.2, 0.25) is 0 Å². The van der Waals surface area contributed by atoms with E-state index >= 15 is 0 Å². The minimum Gasteiger partial charge on any atom is -0.465 e. The van der Waals surface area contributed by atoms with Crippen molar-refractivity contribution < 1.29 is 24.7 Å². The number of nitrogens with zero attached hydrogens (tertiary/aromatic N) is 1. The van der Waals surface area contributed by atoms with Crippen molar-refractivity contribution in [2.75, 3.05) is 12.9 Å². The first-order valence-electron chi connectivity index (χ1n) is 5.67. The van der Waals surface area contributed by atoms with Crippen LogP contribution in [-0.4, -0.2) is 40.1 Å². The molecule has 1 aromatic rings. The smallest absolute Gasteiger partial charge is 0.338 e. The lowest BCUT2D eigenvalue weighted by Crippen LogP contribution is -2.21. The van der Waals surface area contributed by atoms with Gasteiger partial charge < -0.3 is 14.9 Å². The molecule has 0 aliphatic heterocycles. The molecule has 0 fully saturated rings. The highest BCUT2D eigenvalue weighted by molar-refractivity contribution is 7.80. The number of thiol groups is 1. The van der Waals surface area contributed by atoms with E-state index in [-0.39, 0.29) is 22.6 Å². The molecule has 110 valence electrons. The second-order valence-corrected chi connectivity index (χ2v) is 4.52. The Balaban J connectivity index is 3.46. The maximum atomic E-state index is 11.6. The van der Waals surface area contributed by atoms with Crippen molar-refractivity contribution in [3.8, 4) is 0 Å². The van der Waals surface area contributed by atoms with E-state index in [0.29, 0.717) is 5.56 Å².